The molecule has 2 aliphatic heterocycles. The van der Waals surface area contributed by atoms with Gasteiger partial charge in [-0.25, -0.2) is 0 Å². The van der Waals surface area contributed by atoms with Crippen LogP contribution < -0.4 is 14.8 Å². The molecular weight excluding hydrogens is 328 g/mol. The number of nitrogens with zero attached hydrogens (tertiary/aromatic N) is 1. The van der Waals surface area contributed by atoms with E-state index in [0.29, 0.717) is 6.04 Å². The average Bonchev–Trinajstić information content (AvgIpc) is 3.01. The number of methoxy groups -OCH3 is 2. The number of likely N-dealkylation sites (tertiary alicyclic amines) is 1. The molecule has 1 saturated carbocycles. The smallest absolute Gasteiger partial charge is 0.226 e. The van der Waals surface area contributed by atoms with Gasteiger partial charge in [-0.2, -0.15) is 0 Å². The lowest BCUT2D eigenvalue weighted by Gasteiger charge is -2.50. The van der Waals surface area contributed by atoms with Crippen molar-refractivity contribution in [1.29, 1.82) is 0 Å². The number of likely N-dealkylation sites (N-methyl/N-ethyl adjacent to an activating group) is 1. The fourth-order valence-electron chi connectivity index (χ4n) is 5.69. The van der Waals surface area contributed by atoms with Crippen molar-refractivity contribution in [2.24, 2.45) is 5.41 Å². The first-order valence-corrected chi connectivity index (χ1v) is 9.76. The number of hydrogen-bond donors (Lipinski definition) is 1. The van der Waals surface area contributed by atoms with Gasteiger partial charge in [0.1, 0.15) is 0 Å². The number of hydrogen-bond acceptors (Lipinski definition) is 4. The maximum absolute atomic E-state index is 12.7. The molecule has 0 aromatic heterocycles. The standard InChI is InChI=1S/C21H30N2O3/c1-23-12-10-21(15-5-6-16(25-2)17(13-15)26-3)9-8-20(14-18(21)23)7-4-11-22-19(20)24/h5-6,13,18H,4,7-12,14H2,1-3H3,(H,22,24). The summed E-state index contributed by atoms with van der Waals surface area (Å²) < 4.78 is 11.0. The molecule has 0 radical (unpaired) electrons. The van der Waals surface area contributed by atoms with Gasteiger partial charge in [-0.15, -0.1) is 0 Å². The van der Waals surface area contributed by atoms with Crippen molar-refractivity contribution in [2.75, 3.05) is 34.4 Å². The van der Waals surface area contributed by atoms with Gasteiger partial charge in [0.25, 0.3) is 0 Å². The van der Waals surface area contributed by atoms with Gasteiger partial charge in [0.15, 0.2) is 11.5 Å². The van der Waals surface area contributed by atoms with Crippen LogP contribution in [-0.2, 0) is 10.2 Å². The highest BCUT2D eigenvalue weighted by molar-refractivity contribution is 5.83. The van der Waals surface area contributed by atoms with Gasteiger partial charge in [0, 0.05) is 18.0 Å². The Morgan fingerprint density at radius 2 is 1.92 bits per heavy atom. The van der Waals surface area contributed by atoms with Crippen molar-refractivity contribution in [3.63, 3.8) is 0 Å². The Morgan fingerprint density at radius 1 is 1.12 bits per heavy atom. The summed E-state index contributed by atoms with van der Waals surface area (Å²) in [5.74, 6) is 1.85. The molecule has 1 aromatic carbocycles. The number of carbonyl (C=O) groups excluding carboxylic acids is 1. The molecule has 3 unspecified atom stereocenters. The third kappa shape index (κ3) is 2.51. The zero-order chi connectivity index (χ0) is 18.4. The van der Waals surface area contributed by atoms with Crippen molar-refractivity contribution in [3.8, 4) is 11.5 Å². The van der Waals surface area contributed by atoms with Crippen LogP contribution in [0.15, 0.2) is 18.2 Å². The number of nitrogens with one attached hydrogen (secondary N) is 1. The number of ether oxygens (including phenoxy) is 2. The number of rotatable bonds is 3. The van der Waals surface area contributed by atoms with Gasteiger partial charge in [-0.1, -0.05) is 6.07 Å². The predicted molar refractivity (Wildman–Crippen MR) is 101 cm³/mol. The fourth-order valence-corrected chi connectivity index (χ4v) is 5.69. The number of piperidine rings is 1. The van der Waals surface area contributed by atoms with E-state index in [9.17, 15) is 4.79 Å². The fraction of sp³-hybridized carbons (Fsp3) is 0.667. The van der Waals surface area contributed by atoms with Gasteiger partial charge >= 0.3 is 0 Å². The van der Waals surface area contributed by atoms with E-state index in [2.05, 4.69) is 29.4 Å². The summed E-state index contributed by atoms with van der Waals surface area (Å²) in [5.41, 5.74) is 1.27. The van der Waals surface area contributed by atoms with Gasteiger partial charge in [-0.3, -0.25) is 4.79 Å². The number of carbonyl (C=O) groups is 1. The minimum atomic E-state index is -0.165. The van der Waals surface area contributed by atoms with Gasteiger partial charge in [0.05, 0.1) is 19.6 Å². The van der Waals surface area contributed by atoms with E-state index in [4.69, 9.17) is 9.47 Å². The Kier molecular flexibility index (Phi) is 4.38. The zero-order valence-corrected chi connectivity index (χ0v) is 16.1. The molecule has 1 spiro atoms. The summed E-state index contributed by atoms with van der Waals surface area (Å²) in [6.45, 7) is 1.92. The molecule has 2 saturated heterocycles. The second-order valence-electron chi connectivity index (χ2n) is 8.32. The third-order valence-corrected chi connectivity index (χ3v) is 7.27. The zero-order valence-electron chi connectivity index (χ0n) is 16.1. The van der Waals surface area contributed by atoms with Crippen LogP contribution in [0.25, 0.3) is 0 Å². The Labute approximate surface area is 156 Å². The molecule has 142 valence electrons. The van der Waals surface area contributed by atoms with Crippen molar-refractivity contribution < 1.29 is 14.3 Å². The maximum atomic E-state index is 12.7. The molecular formula is C21H30N2O3. The van der Waals surface area contributed by atoms with Crippen LogP contribution in [0.4, 0.5) is 0 Å². The molecule has 5 heteroatoms. The third-order valence-electron chi connectivity index (χ3n) is 7.27. The van der Waals surface area contributed by atoms with Crippen LogP contribution in [0.2, 0.25) is 0 Å². The Morgan fingerprint density at radius 3 is 2.65 bits per heavy atom. The summed E-state index contributed by atoms with van der Waals surface area (Å²) in [4.78, 5) is 15.2. The van der Waals surface area contributed by atoms with Crippen molar-refractivity contribution in [3.05, 3.63) is 23.8 Å². The normalized spacial score (nSPS) is 34.4. The maximum Gasteiger partial charge on any atom is 0.226 e. The van der Waals surface area contributed by atoms with E-state index in [-0.39, 0.29) is 16.7 Å². The van der Waals surface area contributed by atoms with E-state index in [0.717, 1.165) is 63.1 Å². The predicted octanol–water partition coefficient (Wildman–Crippen LogP) is 2.73. The Balaban J connectivity index is 1.71. The molecule has 0 bridgehead atoms. The molecule has 1 amide bonds. The second-order valence-corrected chi connectivity index (χ2v) is 8.32. The largest absolute Gasteiger partial charge is 0.493 e. The first kappa shape index (κ1) is 17.7. The lowest BCUT2D eigenvalue weighted by atomic mass is 9.56. The van der Waals surface area contributed by atoms with E-state index < -0.39 is 0 Å². The van der Waals surface area contributed by atoms with Crippen LogP contribution >= 0.6 is 0 Å². The first-order valence-electron chi connectivity index (χ1n) is 9.76. The molecule has 1 aromatic rings. The SMILES string of the molecule is COc1ccc(C23CCN(C)C2CC2(CCCNC2=O)CC3)cc1OC. The Hall–Kier alpha value is -1.75. The molecule has 3 fully saturated rings. The molecule has 4 rings (SSSR count). The highest BCUT2D eigenvalue weighted by Gasteiger charge is 2.57. The quantitative estimate of drug-likeness (QED) is 0.903. The lowest BCUT2D eigenvalue weighted by molar-refractivity contribution is -0.138. The topological polar surface area (TPSA) is 50.8 Å². The van der Waals surface area contributed by atoms with Crippen LogP contribution in [0.5, 0.6) is 11.5 Å². The van der Waals surface area contributed by atoms with Crippen molar-refractivity contribution in [1.82, 2.24) is 10.2 Å². The highest BCUT2D eigenvalue weighted by atomic mass is 16.5. The molecule has 26 heavy (non-hydrogen) atoms. The van der Waals surface area contributed by atoms with Crippen molar-refractivity contribution in [2.45, 2.75) is 50.0 Å². The lowest BCUT2D eigenvalue weighted by Crippen LogP contribution is -2.56. The minimum Gasteiger partial charge on any atom is -0.493 e. The summed E-state index contributed by atoms with van der Waals surface area (Å²) in [7, 11) is 5.58. The molecule has 1 N–H and O–H groups in total. The number of fused-ring (bicyclic) bond motifs is 1. The molecule has 1 aliphatic carbocycles. The van der Waals surface area contributed by atoms with Gasteiger partial charge in [0.2, 0.25) is 5.91 Å². The van der Waals surface area contributed by atoms with E-state index >= 15 is 0 Å². The van der Waals surface area contributed by atoms with Gasteiger partial charge in [-0.05, 0) is 69.8 Å². The first-order chi connectivity index (χ1) is 12.5. The van der Waals surface area contributed by atoms with Crippen molar-refractivity contribution >= 4 is 5.91 Å². The Bertz CT molecular complexity index is 706. The van der Waals surface area contributed by atoms with Crippen LogP contribution in [0.1, 0.15) is 44.1 Å². The second kappa shape index (κ2) is 6.45. The van der Waals surface area contributed by atoms with Crippen LogP contribution in [0.3, 0.4) is 0 Å². The molecule has 3 atom stereocenters. The summed E-state index contributed by atoms with van der Waals surface area (Å²) >= 11 is 0. The minimum absolute atomic E-state index is 0.108. The number of amides is 1. The summed E-state index contributed by atoms with van der Waals surface area (Å²) in [5, 5.41) is 3.13. The molecule has 5 nitrogen and oxygen atoms in total. The summed E-state index contributed by atoms with van der Waals surface area (Å²) in [6, 6.07) is 6.78. The van der Waals surface area contributed by atoms with E-state index in [1.54, 1.807) is 14.2 Å². The van der Waals surface area contributed by atoms with E-state index in [1.165, 1.54) is 5.56 Å². The van der Waals surface area contributed by atoms with Crippen LogP contribution in [0, 0.1) is 5.41 Å². The van der Waals surface area contributed by atoms with Crippen LogP contribution in [-0.4, -0.2) is 51.2 Å². The molecule has 2 heterocycles. The molecule has 3 aliphatic rings. The van der Waals surface area contributed by atoms with Gasteiger partial charge < -0.3 is 19.7 Å². The highest BCUT2D eigenvalue weighted by Crippen LogP contribution is 2.56. The number of benzene rings is 1. The average molecular weight is 358 g/mol. The monoisotopic (exact) mass is 358 g/mol. The van der Waals surface area contributed by atoms with E-state index in [1.807, 2.05) is 6.07 Å². The summed E-state index contributed by atoms with van der Waals surface area (Å²) in [6.07, 6.45) is 6.28.